The molecule has 0 aromatic heterocycles. The zero-order chi connectivity index (χ0) is 15.5. The molecule has 2 rings (SSSR count). The van der Waals surface area contributed by atoms with Gasteiger partial charge >= 0.3 is 0 Å². The van der Waals surface area contributed by atoms with Crippen molar-refractivity contribution >= 4 is 10.0 Å². The Labute approximate surface area is 126 Å². The molecule has 0 heterocycles. The standard InChI is InChI=1S/C15H23NO4S/c1-4-15(8-5-9-15)16-21(17,18)14-10-12(11-19-2)6-7-13(14)20-3/h6-7,10,16H,4-5,8-9,11H2,1-3H3. The summed E-state index contributed by atoms with van der Waals surface area (Å²) >= 11 is 0. The van der Waals surface area contributed by atoms with Crippen molar-refractivity contribution in [2.45, 2.75) is 49.6 Å². The van der Waals surface area contributed by atoms with Gasteiger partial charge in [-0.05, 0) is 43.4 Å². The van der Waals surface area contributed by atoms with Gasteiger partial charge in [0.15, 0.2) is 0 Å². The van der Waals surface area contributed by atoms with Crippen LogP contribution in [0.4, 0.5) is 0 Å². The van der Waals surface area contributed by atoms with Gasteiger partial charge in [0.2, 0.25) is 10.0 Å². The highest BCUT2D eigenvalue weighted by Crippen LogP contribution is 2.37. The van der Waals surface area contributed by atoms with Crippen LogP contribution < -0.4 is 9.46 Å². The van der Waals surface area contributed by atoms with Gasteiger partial charge in [-0.25, -0.2) is 13.1 Å². The van der Waals surface area contributed by atoms with Gasteiger partial charge in [-0.3, -0.25) is 0 Å². The molecule has 0 aliphatic heterocycles. The number of benzene rings is 1. The van der Waals surface area contributed by atoms with Gasteiger partial charge in [-0.1, -0.05) is 13.0 Å². The van der Waals surface area contributed by atoms with Crippen LogP contribution >= 0.6 is 0 Å². The van der Waals surface area contributed by atoms with Crippen LogP contribution in [0.5, 0.6) is 5.75 Å². The van der Waals surface area contributed by atoms with Crippen LogP contribution in [-0.2, 0) is 21.4 Å². The summed E-state index contributed by atoms with van der Waals surface area (Å²) in [5.74, 6) is 0.355. The van der Waals surface area contributed by atoms with Crippen LogP contribution in [0.2, 0.25) is 0 Å². The molecule has 1 saturated carbocycles. The highest BCUT2D eigenvalue weighted by atomic mass is 32.2. The van der Waals surface area contributed by atoms with E-state index in [0.717, 1.165) is 31.2 Å². The van der Waals surface area contributed by atoms with E-state index in [9.17, 15) is 8.42 Å². The first-order valence-electron chi connectivity index (χ1n) is 7.16. The van der Waals surface area contributed by atoms with Crippen molar-refractivity contribution in [2.24, 2.45) is 0 Å². The lowest BCUT2D eigenvalue weighted by Crippen LogP contribution is -2.52. The van der Waals surface area contributed by atoms with E-state index in [1.165, 1.54) is 7.11 Å². The Morgan fingerprint density at radius 1 is 1.29 bits per heavy atom. The second-order valence-electron chi connectivity index (χ2n) is 5.51. The number of hydrogen-bond acceptors (Lipinski definition) is 4. The van der Waals surface area contributed by atoms with Gasteiger partial charge < -0.3 is 9.47 Å². The van der Waals surface area contributed by atoms with E-state index in [0.29, 0.717) is 12.4 Å². The van der Waals surface area contributed by atoms with Crippen LogP contribution in [0.15, 0.2) is 23.1 Å². The third-order valence-electron chi connectivity index (χ3n) is 4.17. The zero-order valence-electron chi connectivity index (χ0n) is 12.8. The average molecular weight is 313 g/mol. The molecule has 0 bridgehead atoms. The van der Waals surface area contributed by atoms with Crippen LogP contribution in [0.1, 0.15) is 38.2 Å². The number of ether oxygens (including phenoxy) is 2. The lowest BCUT2D eigenvalue weighted by atomic mass is 9.76. The van der Waals surface area contributed by atoms with Crippen LogP contribution in [0.25, 0.3) is 0 Å². The van der Waals surface area contributed by atoms with Crippen molar-refractivity contribution in [1.82, 2.24) is 4.72 Å². The molecule has 1 aliphatic carbocycles. The summed E-state index contributed by atoms with van der Waals surface area (Å²) in [7, 11) is -0.549. The van der Waals surface area contributed by atoms with Gasteiger partial charge in [-0.15, -0.1) is 0 Å². The van der Waals surface area contributed by atoms with Gasteiger partial charge in [0, 0.05) is 12.6 Å². The molecular weight excluding hydrogens is 290 g/mol. The average Bonchev–Trinajstić information content (AvgIpc) is 2.43. The second kappa shape index (κ2) is 6.34. The zero-order valence-corrected chi connectivity index (χ0v) is 13.6. The molecule has 1 aromatic carbocycles. The predicted octanol–water partition coefficient (Wildman–Crippen LogP) is 2.45. The minimum atomic E-state index is -3.61. The smallest absolute Gasteiger partial charge is 0.244 e. The molecule has 1 fully saturated rings. The predicted molar refractivity (Wildman–Crippen MR) is 80.9 cm³/mol. The SMILES string of the molecule is CCC1(NS(=O)(=O)c2cc(COC)ccc2OC)CCC1. The quantitative estimate of drug-likeness (QED) is 0.840. The third kappa shape index (κ3) is 3.39. The van der Waals surface area contributed by atoms with Crippen molar-refractivity contribution in [3.8, 4) is 5.75 Å². The van der Waals surface area contributed by atoms with E-state index >= 15 is 0 Å². The fraction of sp³-hybridized carbons (Fsp3) is 0.600. The van der Waals surface area contributed by atoms with E-state index < -0.39 is 10.0 Å². The Morgan fingerprint density at radius 2 is 2.00 bits per heavy atom. The molecule has 1 N–H and O–H groups in total. The van der Waals surface area contributed by atoms with E-state index in [4.69, 9.17) is 9.47 Å². The molecular formula is C15H23NO4S. The lowest BCUT2D eigenvalue weighted by molar-refractivity contribution is 0.184. The summed E-state index contributed by atoms with van der Waals surface area (Å²) in [6, 6.07) is 5.09. The summed E-state index contributed by atoms with van der Waals surface area (Å²) in [5, 5.41) is 0. The van der Waals surface area contributed by atoms with Crippen LogP contribution in [-0.4, -0.2) is 28.2 Å². The van der Waals surface area contributed by atoms with Crippen LogP contribution in [0, 0.1) is 0 Å². The first-order valence-corrected chi connectivity index (χ1v) is 8.64. The van der Waals surface area contributed by atoms with Crippen molar-refractivity contribution in [3.05, 3.63) is 23.8 Å². The summed E-state index contributed by atoms with van der Waals surface area (Å²) < 4.78 is 38.5. The molecule has 0 saturated heterocycles. The van der Waals surface area contributed by atoms with Gasteiger partial charge in [0.25, 0.3) is 0 Å². The molecule has 6 heteroatoms. The monoisotopic (exact) mass is 313 g/mol. The minimum Gasteiger partial charge on any atom is -0.495 e. The Balaban J connectivity index is 2.35. The normalized spacial score (nSPS) is 17.3. The number of sulfonamides is 1. The number of hydrogen-bond donors (Lipinski definition) is 1. The summed E-state index contributed by atoms with van der Waals surface area (Å²) in [4.78, 5) is 0.180. The Kier molecular flexibility index (Phi) is 4.91. The van der Waals surface area contributed by atoms with E-state index in [1.54, 1.807) is 25.3 Å². The molecule has 1 aromatic rings. The van der Waals surface area contributed by atoms with E-state index in [-0.39, 0.29) is 10.4 Å². The summed E-state index contributed by atoms with van der Waals surface area (Å²) in [6.07, 6.45) is 3.65. The second-order valence-corrected chi connectivity index (χ2v) is 7.16. The van der Waals surface area contributed by atoms with Gasteiger partial charge in [0.05, 0.1) is 13.7 Å². The summed E-state index contributed by atoms with van der Waals surface area (Å²) in [5.41, 5.74) is 0.513. The maximum absolute atomic E-state index is 12.7. The number of nitrogens with one attached hydrogen (secondary N) is 1. The minimum absolute atomic E-state index is 0.180. The van der Waals surface area contributed by atoms with E-state index in [1.807, 2.05) is 6.92 Å². The molecule has 0 radical (unpaired) electrons. The number of rotatable bonds is 7. The fourth-order valence-corrected chi connectivity index (χ4v) is 4.41. The molecule has 21 heavy (non-hydrogen) atoms. The lowest BCUT2D eigenvalue weighted by Gasteiger charge is -2.41. The van der Waals surface area contributed by atoms with Gasteiger partial charge in [0.1, 0.15) is 10.6 Å². The molecule has 0 spiro atoms. The Morgan fingerprint density at radius 3 is 2.48 bits per heavy atom. The molecule has 0 unspecified atom stereocenters. The first kappa shape index (κ1) is 16.3. The molecule has 5 nitrogen and oxygen atoms in total. The van der Waals surface area contributed by atoms with Crippen molar-refractivity contribution in [2.75, 3.05) is 14.2 Å². The molecule has 1 aliphatic rings. The Hall–Kier alpha value is -1.11. The number of methoxy groups -OCH3 is 2. The molecule has 0 atom stereocenters. The maximum atomic E-state index is 12.7. The summed E-state index contributed by atoms with van der Waals surface area (Å²) in [6.45, 7) is 2.38. The van der Waals surface area contributed by atoms with Gasteiger partial charge in [-0.2, -0.15) is 0 Å². The molecule has 0 amide bonds. The Bertz CT molecular complexity index is 588. The topological polar surface area (TPSA) is 64.6 Å². The third-order valence-corrected chi connectivity index (χ3v) is 5.77. The maximum Gasteiger partial charge on any atom is 0.244 e. The molecule has 118 valence electrons. The van der Waals surface area contributed by atoms with Crippen molar-refractivity contribution in [1.29, 1.82) is 0 Å². The van der Waals surface area contributed by atoms with E-state index in [2.05, 4.69) is 4.72 Å². The highest BCUT2D eigenvalue weighted by Gasteiger charge is 2.39. The largest absolute Gasteiger partial charge is 0.495 e. The highest BCUT2D eigenvalue weighted by molar-refractivity contribution is 7.89. The van der Waals surface area contributed by atoms with Crippen LogP contribution in [0.3, 0.4) is 0 Å². The first-order chi connectivity index (χ1) is 9.96. The fourth-order valence-electron chi connectivity index (χ4n) is 2.66. The van der Waals surface area contributed by atoms with Crippen molar-refractivity contribution < 1.29 is 17.9 Å². The van der Waals surface area contributed by atoms with Crippen molar-refractivity contribution in [3.63, 3.8) is 0 Å².